The molecule has 204 valence electrons. The number of amides is 2. The van der Waals surface area contributed by atoms with Crippen molar-refractivity contribution in [2.45, 2.75) is 38.9 Å². The molecule has 2 amide bonds. The van der Waals surface area contributed by atoms with Gasteiger partial charge in [-0.15, -0.1) is 11.3 Å². The summed E-state index contributed by atoms with van der Waals surface area (Å²) < 4.78 is 36.0. The molecule has 1 heterocycles. The molecule has 4 aromatic rings. The number of ether oxygens (including phenoxy) is 1. The zero-order valence-electron chi connectivity index (χ0n) is 21.5. The predicted octanol–water partition coefficient (Wildman–Crippen LogP) is 7.30. The SMILES string of the molecule is COc1ccc(CN(C(=O)c2c(F)c(Br)cc3scnc23)C(C(=O)NC(C)(C)C)c2cc(F)ccc2Cl)cc1. The van der Waals surface area contributed by atoms with Crippen molar-refractivity contribution in [1.82, 2.24) is 15.2 Å². The van der Waals surface area contributed by atoms with Gasteiger partial charge in [-0.25, -0.2) is 13.8 Å². The van der Waals surface area contributed by atoms with Gasteiger partial charge in [0, 0.05) is 22.7 Å². The maximum atomic E-state index is 15.6. The van der Waals surface area contributed by atoms with Gasteiger partial charge in [-0.05, 0) is 78.7 Å². The summed E-state index contributed by atoms with van der Waals surface area (Å²) in [6.45, 7) is 5.20. The molecule has 6 nitrogen and oxygen atoms in total. The highest BCUT2D eigenvalue weighted by Crippen LogP contribution is 2.36. The van der Waals surface area contributed by atoms with E-state index in [-0.39, 0.29) is 32.7 Å². The molecular formula is C28H25BrClF2N3O3S. The minimum absolute atomic E-state index is 0.0604. The molecule has 1 N–H and O–H groups in total. The second-order valence-electron chi connectivity index (χ2n) is 9.84. The van der Waals surface area contributed by atoms with Gasteiger partial charge in [0.2, 0.25) is 5.91 Å². The Hall–Kier alpha value is -3.08. The molecule has 1 unspecified atom stereocenters. The van der Waals surface area contributed by atoms with Crippen LogP contribution in [-0.2, 0) is 11.3 Å². The third kappa shape index (κ3) is 6.40. The molecular weight excluding hydrogens is 612 g/mol. The second kappa shape index (κ2) is 11.6. The number of rotatable bonds is 7. The summed E-state index contributed by atoms with van der Waals surface area (Å²) in [4.78, 5) is 33.6. The highest BCUT2D eigenvalue weighted by Gasteiger charge is 2.37. The summed E-state index contributed by atoms with van der Waals surface area (Å²) in [5, 5.41) is 2.94. The van der Waals surface area contributed by atoms with Crippen molar-refractivity contribution >= 4 is 60.9 Å². The van der Waals surface area contributed by atoms with Crippen molar-refractivity contribution in [2.75, 3.05) is 7.11 Å². The Bertz CT molecular complexity index is 1540. The maximum Gasteiger partial charge on any atom is 0.260 e. The van der Waals surface area contributed by atoms with Crippen LogP contribution in [0.15, 0.2) is 58.5 Å². The summed E-state index contributed by atoms with van der Waals surface area (Å²) in [5.74, 6) is -2.29. The quantitative estimate of drug-likeness (QED) is 0.231. The minimum Gasteiger partial charge on any atom is -0.497 e. The van der Waals surface area contributed by atoms with E-state index in [4.69, 9.17) is 16.3 Å². The Balaban J connectivity index is 1.95. The highest BCUT2D eigenvalue weighted by molar-refractivity contribution is 9.10. The van der Waals surface area contributed by atoms with Gasteiger partial charge in [0.05, 0.1) is 27.3 Å². The van der Waals surface area contributed by atoms with E-state index in [1.807, 2.05) is 0 Å². The summed E-state index contributed by atoms with van der Waals surface area (Å²) in [6.07, 6.45) is 0. The molecule has 0 radical (unpaired) electrons. The number of halogens is 4. The van der Waals surface area contributed by atoms with Crippen LogP contribution >= 0.6 is 38.9 Å². The van der Waals surface area contributed by atoms with Gasteiger partial charge in [0.15, 0.2) is 5.82 Å². The van der Waals surface area contributed by atoms with Crippen LogP contribution in [0, 0.1) is 11.6 Å². The first-order valence-electron chi connectivity index (χ1n) is 11.8. The van der Waals surface area contributed by atoms with Crippen LogP contribution in [0.3, 0.4) is 0 Å². The number of carbonyl (C=O) groups excluding carboxylic acids is 2. The number of nitrogens with zero attached hydrogens (tertiary/aromatic N) is 2. The molecule has 1 atom stereocenters. The number of hydrogen-bond acceptors (Lipinski definition) is 5. The van der Waals surface area contributed by atoms with Gasteiger partial charge in [0.25, 0.3) is 5.91 Å². The normalized spacial score (nSPS) is 12.3. The van der Waals surface area contributed by atoms with Crippen molar-refractivity contribution in [3.63, 3.8) is 0 Å². The Morgan fingerprint density at radius 1 is 1.15 bits per heavy atom. The van der Waals surface area contributed by atoms with Crippen molar-refractivity contribution in [1.29, 1.82) is 0 Å². The molecule has 4 rings (SSSR count). The molecule has 0 aliphatic carbocycles. The van der Waals surface area contributed by atoms with Crippen molar-refractivity contribution in [2.24, 2.45) is 0 Å². The molecule has 0 bridgehead atoms. The van der Waals surface area contributed by atoms with E-state index in [0.717, 1.165) is 12.1 Å². The van der Waals surface area contributed by atoms with Gasteiger partial charge >= 0.3 is 0 Å². The Kier molecular flexibility index (Phi) is 8.58. The predicted molar refractivity (Wildman–Crippen MR) is 152 cm³/mol. The van der Waals surface area contributed by atoms with Crippen molar-refractivity contribution in [3.05, 3.63) is 91.9 Å². The lowest BCUT2D eigenvalue weighted by Crippen LogP contribution is -2.49. The Labute approximate surface area is 242 Å². The summed E-state index contributed by atoms with van der Waals surface area (Å²) in [7, 11) is 1.53. The lowest BCUT2D eigenvalue weighted by Gasteiger charge is -2.34. The van der Waals surface area contributed by atoms with Gasteiger partial charge in [-0.2, -0.15) is 0 Å². The number of aromatic nitrogens is 1. The fourth-order valence-corrected chi connectivity index (χ4v) is 5.63. The average Bonchev–Trinajstić information content (AvgIpc) is 3.33. The molecule has 11 heteroatoms. The van der Waals surface area contributed by atoms with Gasteiger partial charge in [-0.3, -0.25) is 9.59 Å². The molecule has 0 spiro atoms. The highest BCUT2D eigenvalue weighted by atomic mass is 79.9. The second-order valence-corrected chi connectivity index (χ2v) is 12.0. The fourth-order valence-electron chi connectivity index (χ4n) is 4.11. The van der Waals surface area contributed by atoms with Gasteiger partial charge < -0.3 is 15.0 Å². The number of hydrogen-bond donors (Lipinski definition) is 1. The summed E-state index contributed by atoms with van der Waals surface area (Å²) in [6, 6.07) is 10.6. The van der Waals surface area contributed by atoms with Gasteiger partial charge in [0.1, 0.15) is 23.2 Å². The Morgan fingerprint density at radius 2 is 1.85 bits per heavy atom. The van der Waals surface area contributed by atoms with Crippen LogP contribution in [0.1, 0.15) is 48.3 Å². The van der Waals surface area contributed by atoms with E-state index in [1.54, 1.807) is 51.1 Å². The lowest BCUT2D eigenvalue weighted by molar-refractivity contribution is -0.127. The smallest absolute Gasteiger partial charge is 0.260 e. The average molecular weight is 637 g/mol. The number of carbonyl (C=O) groups is 2. The molecule has 1 aromatic heterocycles. The fraction of sp³-hybridized carbons (Fsp3) is 0.250. The molecule has 39 heavy (non-hydrogen) atoms. The molecule has 0 fully saturated rings. The molecule has 0 aliphatic heterocycles. The minimum atomic E-state index is -1.41. The van der Waals surface area contributed by atoms with Crippen molar-refractivity contribution < 1.29 is 23.1 Å². The number of methoxy groups -OCH3 is 1. The molecule has 3 aromatic carbocycles. The van der Waals surface area contributed by atoms with Gasteiger partial charge in [-0.1, -0.05) is 23.7 Å². The molecule has 0 saturated heterocycles. The number of fused-ring (bicyclic) bond motifs is 1. The van der Waals surface area contributed by atoms with Crippen LogP contribution in [0.2, 0.25) is 5.02 Å². The van der Waals surface area contributed by atoms with E-state index >= 15 is 4.39 Å². The van der Waals surface area contributed by atoms with E-state index in [9.17, 15) is 14.0 Å². The first-order chi connectivity index (χ1) is 18.4. The van der Waals surface area contributed by atoms with Crippen LogP contribution in [0.25, 0.3) is 10.2 Å². The standard InChI is InChI=1S/C28H25BrClF2N3O3S/c1-28(2,3)34-26(36)25(18-11-16(31)7-10-20(18)30)35(13-15-5-8-17(38-4)9-6-15)27(37)22-23(32)19(29)12-21-24(22)33-14-39-21/h5-12,14,25H,13H2,1-4H3,(H,34,36). The van der Waals surface area contributed by atoms with E-state index in [2.05, 4.69) is 26.2 Å². The van der Waals surface area contributed by atoms with Crippen LogP contribution in [0.5, 0.6) is 5.75 Å². The van der Waals surface area contributed by atoms with Crippen molar-refractivity contribution in [3.8, 4) is 5.75 Å². The molecule has 0 aliphatic rings. The van der Waals surface area contributed by atoms with E-state index < -0.39 is 35.0 Å². The monoisotopic (exact) mass is 635 g/mol. The largest absolute Gasteiger partial charge is 0.497 e. The molecule has 0 saturated carbocycles. The van der Waals surface area contributed by atoms with E-state index in [1.165, 1.54) is 34.9 Å². The third-order valence-corrected chi connectivity index (χ3v) is 7.51. The number of nitrogens with one attached hydrogen (secondary N) is 1. The first-order valence-corrected chi connectivity index (χ1v) is 13.9. The van der Waals surface area contributed by atoms with Crippen LogP contribution in [-0.4, -0.2) is 34.3 Å². The topological polar surface area (TPSA) is 71.5 Å². The number of thiazole rings is 1. The van der Waals surface area contributed by atoms with Crippen LogP contribution < -0.4 is 10.1 Å². The third-order valence-electron chi connectivity index (χ3n) is 5.82. The zero-order chi connectivity index (χ0) is 28.5. The maximum absolute atomic E-state index is 15.6. The summed E-state index contributed by atoms with van der Waals surface area (Å²) in [5.41, 5.74) is 1.34. The number of benzene rings is 3. The first kappa shape index (κ1) is 28.9. The van der Waals surface area contributed by atoms with E-state index in [0.29, 0.717) is 16.0 Å². The van der Waals surface area contributed by atoms with Crippen LogP contribution in [0.4, 0.5) is 8.78 Å². The zero-order valence-corrected chi connectivity index (χ0v) is 24.7. The summed E-state index contributed by atoms with van der Waals surface area (Å²) >= 11 is 10.9. The Morgan fingerprint density at radius 3 is 2.49 bits per heavy atom. The lowest BCUT2D eigenvalue weighted by atomic mass is 9.99.